The second-order valence-corrected chi connectivity index (χ2v) is 7.62. The molecule has 0 fully saturated rings. The Morgan fingerprint density at radius 3 is 2.19 bits per heavy atom. The van der Waals surface area contributed by atoms with Crippen LogP contribution in [0.3, 0.4) is 0 Å². The first-order chi connectivity index (χ1) is 12.4. The van der Waals surface area contributed by atoms with Crippen LogP contribution in [0.1, 0.15) is 38.8 Å². The van der Waals surface area contributed by atoms with Gasteiger partial charge in [0.1, 0.15) is 5.75 Å². The minimum atomic E-state index is -4.60. The van der Waals surface area contributed by atoms with Gasteiger partial charge in [0, 0.05) is 5.69 Å². The third-order valence-electron chi connectivity index (χ3n) is 3.94. The highest BCUT2D eigenvalue weighted by Gasteiger charge is 2.33. The van der Waals surface area contributed by atoms with Gasteiger partial charge >= 0.3 is 6.18 Å². The van der Waals surface area contributed by atoms with Crippen LogP contribution < -0.4 is 10.1 Å². The van der Waals surface area contributed by atoms with Crippen molar-refractivity contribution in [2.24, 2.45) is 0 Å². The summed E-state index contributed by atoms with van der Waals surface area (Å²) in [5, 5.41) is 1.99. The zero-order valence-corrected chi connectivity index (χ0v) is 16.2. The summed E-state index contributed by atoms with van der Waals surface area (Å²) in [6.07, 6.45) is -5.50. The first-order valence-electron chi connectivity index (χ1n) is 8.33. The normalized spacial score (nSPS) is 13.2. The first kappa shape index (κ1) is 21.1. The van der Waals surface area contributed by atoms with Crippen molar-refractivity contribution in [3.8, 4) is 5.75 Å². The lowest BCUT2D eigenvalue weighted by Crippen LogP contribution is -2.30. The molecule has 2 aromatic rings. The molecule has 1 amide bonds. The summed E-state index contributed by atoms with van der Waals surface area (Å²) in [7, 11) is 0. The summed E-state index contributed by atoms with van der Waals surface area (Å²) in [6.45, 7) is 7.77. The van der Waals surface area contributed by atoms with Gasteiger partial charge in [-0.05, 0) is 48.2 Å². The number of rotatable bonds is 4. The number of alkyl halides is 3. The van der Waals surface area contributed by atoms with Crippen LogP contribution in [0.4, 0.5) is 18.9 Å². The fraction of sp³-hybridized carbons (Fsp3) is 0.350. The Hall–Kier alpha value is -2.21. The van der Waals surface area contributed by atoms with Gasteiger partial charge in [0.15, 0.2) is 6.10 Å². The third-order valence-corrected chi connectivity index (χ3v) is 4.27. The maximum absolute atomic E-state index is 12.9. The Balaban J connectivity index is 2.06. The lowest BCUT2D eigenvalue weighted by atomic mass is 9.87. The molecule has 0 bridgehead atoms. The van der Waals surface area contributed by atoms with Crippen molar-refractivity contribution in [2.75, 3.05) is 5.32 Å². The molecule has 1 atom stereocenters. The maximum atomic E-state index is 12.9. The molecule has 0 unspecified atom stereocenters. The van der Waals surface area contributed by atoms with Gasteiger partial charge in [0.05, 0.1) is 10.6 Å². The zero-order valence-electron chi connectivity index (χ0n) is 15.4. The average molecular weight is 400 g/mol. The third kappa shape index (κ3) is 5.63. The van der Waals surface area contributed by atoms with E-state index in [2.05, 4.69) is 26.1 Å². The van der Waals surface area contributed by atoms with E-state index in [1.807, 2.05) is 12.1 Å². The second kappa shape index (κ2) is 7.80. The molecule has 0 spiro atoms. The van der Waals surface area contributed by atoms with E-state index in [0.717, 1.165) is 17.7 Å². The van der Waals surface area contributed by atoms with Crippen LogP contribution in [0.5, 0.6) is 5.75 Å². The highest BCUT2D eigenvalue weighted by molar-refractivity contribution is 6.31. The summed E-state index contributed by atoms with van der Waals surface area (Å²) >= 11 is 5.57. The Kier molecular flexibility index (Phi) is 6.10. The fourth-order valence-corrected chi connectivity index (χ4v) is 2.58. The van der Waals surface area contributed by atoms with E-state index in [4.69, 9.17) is 16.3 Å². The highest BCUT2D eigenvalue weighted by Crippen LogP contribution is 2.36. The van der Waals surface area contributed by atoms with E-state index in [-0.39, 0.29) is 11.1 Å². The molecule has 0 aliphatic rings. The Labute approximate surface area is 161 Å². The number of carbonyl (C=O) groups excluding carboxylic acids is 1. The number of nitrogens with one attached hydrogen (secondary N) is 1. The smallest absolute Gasteiger partial charge is 0.417 e. The lowest BCUT2D eigenvalue weighted by molar-refractivity contribution is -0.137. The quantitative estimate of drug-likeness (QED) is 0.678. The molecule has 0 aliphatic heterocycles. The predicted molar refractivity (Wildman–Crippen MR) is 100 cm³/mol. The van der Waals surface area contributed by atoms with Gasteiger partial charge in [0.25, 0.3) is 5.91 Å². The molecule has 1 N–H and O–H groups in total. The van der Waals surface area contributed by atoms with E-state index < -0.39 is 28.8 Å². The molecule has 146 valence electrons. The van der Waals surface area contributed by atoms with Crippen molar-refractivity contribution in [3.63, 3.8) is 0 Å². The number of anilines is 1. The summed E-state index contributed by atoms with van der Waals surface area (Å²) in [5.41, 5.74) is 0.100. The Morgan fingerprint density at radius 1 is 1.07 bits per heavy atom. The van der Waals surface area contributed by atoms with Crippen molar-refractivity contribution in [1.82, 2.24) is 0 Å². The molecule has 3 nitrogen and oxygen atoms in total. The van der Waals surface area contributed by atoms with Gasteiger partial charge in [-0.3, -0.25) is 4.79 Å². The van der Waals surface area contributed by atoms with Gasteiger partial charge in [0.2, 0.25) is 0 Å². The van der Waals surface area contributed by atoms with Crippen LogP contribution in [-0.2, 0) is 16.4 Å². The Bertz CT molecular complexity index is 811. The van der Waals surface area contributed by atoms with Crippen LogP contribution in [0, 0.1) is 0 Å². The zero-order chi connectivity index (χ0) is 20.4. The molecule has 0 radical (unpaired) electrons. The van der Waals surface area contributed by atoms with Crippen molar-refractivity contribution in [2.45, 2.75) is 45.4 Å². The predicted octanol–water partition coefficient (Wildman–Crippen LogP) is 6.06. The number of benzene rings is 2. The van der Waals surface area contributed by atoms with Gasteiger partial charge in [-0.2, -0.15) is 13.2 Å². The molecule has 0 aliphatic carbocycles. The van der Waals surface area contributed by atoms with Crippen LogP contribution in [-0.4, -0.2) is 12.0 Å². The van der Waals surface area contributed by atoms with Gasteiger partial charge in [-0.15, -0.1) is 0 Å². The summed E-state index contributed by atoms with van der Waals surface area (Å²) < 4.78 is 44.3. The van der Waals surface area contributed by atoms with Crippen LogP contribution >= 0.6 is 11.6 Å². The van der Waals surface area contributed by atoms with E-state index in [1.54, 1.807) is 12.1 Å². The maximum Gasteiger partial charge on any atom is 0.417 e. The molecular weight excluding hydrogens is 379 g/mol. The van der Waals surface area contributed by atoms with E-state index >= 15 is 0 Å². The molecule has 2 rings (SSSR count). The van der Waals surface area contributed by atoms with Crippen LogP contribution in [0.25, 0.3) is 0 Å². The van der Waals surface area contributed by atoms with Crippen molar-refractivity contribution < 1.29 is 22.7 Å². The number of hydrogen-bond acceptors (Lipinski definition) is 2. The van der Waals surface area contributed by atoms with Gasteiger partial charge < -0.3 is 10.1 Å². The number of carbonyl (C=O) groups is 1. The molecular formula is C20H21ClF3NO2. The van der Waals surface area contributed by atoms with Crippen LogP contribution in [0.2, 0.25) is 5.02 Å². The summed E-state index contributed by atoms with van der Waals surface area (Å²) in [6, 6.07) is 10.5. The molecule has 0 aromatic heterocycles. The summed E-state index contributed by atoms with van der Waals surface area (Å²) in [4.78, 5) is 12.2. The summed E-state index contributed by atoms with van der Waals surface area (Å²) in [5.74, 6) is -0.0666. The fourth-order valence-electron chi connectivity index (χ4n) is 2.36. The standard InChI is InChI=1S/C20H21ClF3NO2/c1-12(27-15-8-5-13(6-9-15)19(2,3)4)18(26)25-14-7-10-17(21)16(11-14)20(22,23)24/h5-12H,1-4H3,(H,25,26)/t12-/m0/s1. The molecule has 0 saturated carbocycles. The first-order valence-corrected chi connectivity index (χ1v) is 8.70. The number of amides is 1. The number of hydrogen-bond donors (Lipinski definition) is 1. The SMILES string of the molecule is C[C@H](Oc1ccc(C(C)(C)C)cc1)C(=O)Nc1ccc(Cl)c(C(F)(F)F)c1. The van der Waals surface area contributed by atoms with Gasteiger partial charge in [-0.1, -0.05) is 44.5 Å². The lowest BCUT2D eigenvalue weighted by Gasteiger charge is -2.20. The van der Waals surface area contributed by atoms with Crippen molar-refractivity contribution in [3.05, 3.63) is 58.6 Å². The second-order valence-electron chi connectivity index (χ2n) is 7.22. The monoisotopic (exact) mass is 399 g/mol. The molecule has 0 saturated heterocycles. The minimum Gasteiger partial charge on any atom is -0.481 e. The topological polar surface area (TPSA) is 38.3 Å². The molecule has 27 heavy (non-hydrogen) atoms. The van der Waals surface area contributed by atoms with Crippen molar-refractivity contribution >= 4 is 23.2 Å². The molecule has 7 heteroatoms. The van der Waals surface area contributed by atoms with Crippen molar-refractivity contribution in [1.29, 1.82) is 0 Å². The van der Waals surface area contributed by atoms with Gasteiger partial charge in [-0.25, -0.2) is 0 Å². The number of halogens is 4. The number of ether oxygens (including phenoxy) is 1. The highest BCUT2D eigenvalue weighted by atomic mass is 35.5. The van der Waals surface area contributed by atoms with E-state index in [1.165, 1.54) is 13.0 Å². The minimum absolute atomic E-state index is 0.00439. The van der Waals surface area contributed by atoms with E-state index in [0.29, 0.717) is 5.75 Å². The largest absolute Gasteiger partial charge is 0.481 e. The van der Waals surface area contributed by atoms with Crippen LogP contribution in [0.15, 0.2) is 42.5 Å². The average Bonchev–Trinajstić information content (AvgIpc) is 2.55. The molecule has 0 heterocycles. The Morgan fingerprint density at radius 2 is 1.67 bits per heavy atom. The molecule has 2 aromatic carbocycles. The van der Waals surface area contributed by atoms with E-state index in [9.17, 15) is 18.0 Å².